The van der Waals surface area contributed by atoms with Gasteiger partial charge < -0.3 is 19.3 Å². The third-order valence-corrected chi connectivity index (χ3v) is 9.01. The predicted molar refractivity (Wildman–Crippen MR) is 167 cm³/mol. The van der Waals surface area contributed by atoms with E-state index in [1.54, 1.807) is 18.5 Å². The molecule has 0 bridgehead atoms. The fourth-order valence-corrected chi connectivity index (χ4v) is 6.72. The minimum Gasteiger partial charge on any atom is -0.481 e. The number of likely N-dealkylation sites (tertiary alicyclic amines) is 1. The monoisotopic (exact) mass is 633 g/mol. The molecule has 228 valence electrons. The van der Waals surface area contributed by atoms with Crippen molar-refractivity contribution < 1.29 is 14.6 Å². The Bertz CT molecular complexity index is 1650. The van der Waals surface area contributed by atoms with E-state index in [1.807, 2.05) is 30.5 Å². The smallest absolute Gasteiger partial charge is 0.303 e. The Labute approximate surface area is 265 Å². The SMILES string of the molecule is O=C(O)CC1CCN(Cc2cc(Oc3cnc(N4CCn5c(cnc5C5CC5)C4)nc3)nc(-c3cc(Cl)cc(Cl)c3)c2)CC1. The molecule has 0 spiro atoms. The number of pyridine rings is 1. The molecule has 3 aromatic heterocycles. The largest absolute Gasteiger partial charge is 0.481 e. The van der Waals surface area contributed by atoms with E-state index >= 15 is 0 Å². The Kier molecular flexibility index (Phi) is 8.14. The quantitative estimate of drug-likeness (QED) is 0.223. The van der Waals surface area contributed by atoms with E-state index < -0.39 is 5.97 Å². The molecular formula is C32H33Cl2N7O3. The normalized spacial score (nSPS) is 17.5. The van der Waals surface area contributed by atoms with E-state index in [2.05, 4.69) is 29.3 Å². The number of imidazole rings is 1. The number of rotatable bonds is 9. The summed E-state index contributed by atoms with van der Waals surface area (Å²) >= 11 is 12.6. The number of carboxylic acid groups (broad SMARTS) is 1. The highest BCUT2D eigenvalue weighted by Crippen LogP contribution is 2.40. The molecule has 2 fully saturated rings. The summed E-state index contributed by atoms with van der Waals surface area (Å²) in [5.74, 6) is 2.90. The summed E-state index contributed by atoms with van der Waals surface area (Å²) in [6.07, 6.45) is 9.78. The van der Waals surface area contributed by atoms with Gasteiger partial charge in [0, 0.05) is 53.6 Å². The fourth-order valence-electron chi connectivity index (χ4n) is 6.20. The van der Waals surface area contributed by atoms with Crippen LogP contribution in [0.25, 0.3) is 11.3 Å². The van der Waals surface area contributed by atoms with Crippen molar-refractivity contribution >= 4 is 35.1 Å². The minimum atomic E-state index is -0.730. The van der Waals surface area contributed by atoms with E-state index in [9.17, 15) is 4.79 Å². The summed E-state index contributed by atoms with van der Waals surface area (Å²) in [6.45, 7) is 4.79. The first kappa shape index (κ1) is 29.0. The third-order valence-electron chi connectivity index (χ3n) is 8.57. The first-order valence-electron chi connectivity index (χ1n) is 15.1. The second-order valence-electron chi connectivity index (χ2n) is 12.0. The minimum absolute atomic E-state index is 0.222. The maximum absolute atomic E-state index is 11.1. The number of ether oxygens (including phenoxy) is 1. The van der Waals surface area contributed by atoms with Gasteiger partial charge in [-0.25, -0.2) is 19.9 Å². The number of aromatic nitrogens is 5. The highest BCUT2D eigenvalue weighted by atomic mass is 35.5. The molecule has 12 heteroatoms. The van der Waals surface area contributed by atoms with Crippen LogP contribution >= 0.6 is 23.2 Å². The van der Waals surface area contributed by atoms with Crippen LogP contribution in [0.4, 0.5) is 5.95 Å². The molecule has 1 aliphatic carbocycles. The number of hydrogen-bond donors (Lipinski definition) is 1. The van der Waals surface area contributed by atoms with Gasteiger partial charge in [0.1, 0.15) is 5.82 Å². The van der Waals surface area contributed by atoms with Crippen molar-refractivity contribution in [1.29, 1.82) is 0 Å². The lowest BCUT2D eigenvalue weighted by Gasteiger charge is -2.31. The second-order valence-corrected chi connectivity index (χ2v) is 12.8. The maximum Gasteiger partial charge on any atom is 0.303 e. The third kappa shape index (κ3) is 6.67. The molecule has 0 radical (unpaired) electrons. The molecule has 3 aliphatic rings. The zero-order valence-corrected chi connectivity index (χ0v) is 25.7. The molecule has 7 rings (SSSR count). The van der Waals surface area contributed by atoms with Gasteiger partial charge in [0.05, 0.1) is 36.5 Å². The lowest BCUT2D eigenvalue weighted by molar-refractivity contribution is -0.138. The zero-order valence-electron chi connectivity index (χ0n) is 24.2. The van der Waals surface area contributed by atoms with Crippen molar-refractivity contribution in [2.75, 3.05) is 24.5 Å². The maximum atomic E-state index is 11.1. The number of piperidine rings is 1. The molecule has 44 heavy (non-hydrogen) atoms. The molecule has 1 N–H and O–H groups in total. The van der Waals surface area contributed by atoms with Crippen LogP contribution in [-0.2, 0) is 24.4 Å². The highest BCUT2D eigenvalue weighted by Gasteiger charge is 2.31. The van der Waals surface area contributed by atoms with Crippen LogP contribution in [0, 0.1) is 5.92 Å². The van der Waals surface area contributed by atoms with Crippen molar-refractivity contribution in [1.82, 2.24) is 29.4 Å². The number of fused-ring (bicyclic) bond motifs is 1. The molecule has 1 saturated carbocycles. The van der Waals surface area contributed by atoms with Gasteiger partial charge in [-0.05, 0) is 74.5 Å². The van der Waals surface area contributed by atoms with E-state index in [1.165, 1.54) is 24.4 Å². The molecule has 1 aromatic carbocycles. The van der Waals surface area contributed by atoms with Gasteiger partial charge in [0.2, 0.25) is 11.8 Å². The predicted octanol–water partition coefficient (Wildman–Crippen LogP) is 6.42. The Hall–Kier alpha value is -3.73. The molecular weight excluding hydrogens is 601 g/mol. The van der Waals surface area contributed by atoms with Gasteiger partial charge in [0.25, 0.3) is 0 Å². The van der Waals surface area contributed by atoms with E-state index in [-0.39, 0.29) is 12.3 Å². The average molecular weight is 635 g/mol. The molecule has 0 atom stereocenters. The molecule has 4 aromatic rings. The Balaban J connectivity index is 1.08. The fraction of sp³-hybridized carbons (Fsp3) is 0.406. The molecule has 0 amide bonds. The topological polar surface area (TPSA) is 109 Å². The van der Waals surface area contributed by atoms with E-state index in [4.69, 9.17) is 38.0 Å². The van der Waals surface area contributed by atoms with Crippen molar-refractivity contribution in [3.05, 3.63) is 76.0 Å². The first-order chi connectivity index (χ1) is 21.4. The number of carbonyl (C=O) groups is 1. The van der Waals surface area contributed by atoms with Gasteiger partial charge in [-0.15, -0.1) is 0 Å². The molecule has 2 aliphatic heterocycles. The first-order valence-corrected chi connectivity index (χ1v) is 15.8. The lowest BCUT2D eigenvalue weighted by atomic mass is 9.93. The van der Waals surface area contributed by atoms with Crippen LogP contribution in [-0.4, -0.2) is 60.1 Å². The van der Waals surface area contributed by atoms with Crippen LogP contribution in [0.1, 0.15) is 55.1 Å². The highest BCUT2D eigenvalue weighted by molar-refractivity contribution is 6.35. The van der Waals surface area contributed by atoms with Crippen molar-refractivity contribution in [3.63, 3.8) is 0 Å². The number of carboxylic acids is 1. The van der Waals surface area contributed by atoms with Crippen LogP contribution in [0.2, 0.25) is 10.0 Å². The van der Waals surface area contributed by atoms with E-state index in [0.717, 1.165) is 56.7 Å². The summed E-state index contributed by atoms with van der Waals surface area (Å²) in [5.41, 5.74) is 3.69. The van der Waals surface area contributed by atoms with Crippen LogP contribution in [0.15, 0.2) is 48.9 Å². The van der Waals surface area contributed by atoms with Gasteiger partial charge in [-0.2, -0.15) is 0 Å². The summed E-state index contributed by atoms with van der Waals surface area (Å²) in [5, 5.41) is 10.2. The Morgan fingerprint density at radius 2 is 1.66 bits per heavy atom. The lowest BCUT2D eigenvalue weighted by Crippen LogP contribution is -2.35. The van der Waals surface area contributed by atoms with Crippen LogP contribution in [0.3, 0.4) is 0 Å². The number of halogens is 2. The van der Waals surface area contributed by atoms with E-state index in [0.29, 0.717) is 45.8 Å². The van der Waals surface area contributed by atoms with Crippen molar-refractivity contribution in [2.24, 2.45) is 5.92 Å². The van der Waals surface area contributed by atoms with Gasteiger partial charge in [-0.1, -0.05) is 23.2 Å². The van der Waals surface area contributed by atoms with Gasteiger partial charge in [-0.3, -0.25) is 9.69 Å². The molecule has 0 unspecified atom stereocenters. The Morgan fingerprint density at radius 3 is 2.36 bits per heavy atom. The van der Waals surface area contributed by atoms with Gasteiger partial charge >= 0.3 is 5.97 Å². The van der Waals surface area contributed by atoms with Crippen LogP contribution in [0.5, 0.6) is 11.6 Å². The summed E-state index contributed by atoms with van der Waals surface area (Å²) < 4.78 is 8.56. The van der Waals surface area contributed by atoms with Crippen molar-refractivity contribution in [2.45, 2.75) is 57.7 Å². The summed E-state index contributed by atoms with van der Waals surface area (Å²) in [7, 11) is 0. The van der Waals surface area contributed by atoms with Gasteiger partial charge in [0.15, 0.2) is 5.75 Å². The molecule has 5 heterocycles. The summed E-state index contributed by atoms with van der Waals surface area (Å²) in [6, 6.07) is 9.30. The number of benzene rings is 1. The van der Waals surface area contributed by atoms with Crippen molar-refractivity contribution in [3.8, 4) is 22.9 Å². The number of anilines is 1. The average Bonchev–Trinajstić information content (AvgIpc) is 3.76. The number of aliphatic carboxylic acids is 1. The number of nitrogens with zero attached hydrogens (tertiary/aromatic N) is 7. The Morgan fingerprint density at radius 1 is 0.909 bits per heavy atom. The summed E-state index contributed by atoms with van der Waals surface area (Å²) in [4.78, 5) is 34.3. The molecule has 1 saturated heterocycles. The van der Waals surface area contributed by atoms with Crippen LogP contribution < -0.4 is 9.64 Å². The number of hydrogen-bond acceptors (Lipinski definition) is 8. The standard InChI is InChI=1S/C32H33Cl2N7O3/c33-24-12-23(13-25(34)14-24)28-9-21(18-39-5-3-20(4-6-39)11-30(42)43)10-29(38-28)44-27-16-36-32(37-17-27)40-7-8-41-26(19-40)15-35-31(41)22-1-2-22/h9-10,12-17,20,22H,1-8,11,18-19H2,(H,42,43). The zero-order chi connectivity index (χ0) is 30.2. The molecule has 10 nitrogen and oxygen atoms in total. The second kappa shape index (κ2) is 12.3.